The van der Waals surface area contributed by atoms with E-state index in [1.807, 2.05) is 13.8 Å². The summed E-state index contributed by atoms with van der Waals surface area (Å²) >= 11 is 0. The minimum Gasteiger partial charge on any atom is -0.351 e. The molecule has 5 heteroatoms. The maximum atomic E-state index is 13.4. The molecule has 0 aromatic heterocycles. The third-order valence-corrected chi connectivity index (χ3v) is 7.14. The molecule has 1 aromatic rings. The van der Waals surface area contributed by atoms with E-state index >= 15 is 0 Å². The van der Waals surface area contributed by atoms with Crippen LogP contribution in [-0.2, 0) is 16.0 Å². The zero-order chi connectivity index (χ0) is 20.5. The van der Waals surface area contributed by atoms with Crippen molar-refractivity contribution in [2.75, 3.05) is 0 Å². The fourth-order valence-electron chi connectivity index (χ4n) is 5.00. The van der Waals surface area contributed by atoms with Gasteiger partial charge in [0.25, 0.3) is 0 Å². The molecule has 28 heavy (non-hydrogen) atoms. The Labute approximate surface area is 167 Å². The molecule has 5 unspecified atom stereocenters. The van der Waals surface area contributed by atoms with Crippen LogP contribution in [0.2, 0.25) is 0 Å². The van der Waals surface area contributed by atoms with Crippen LogP contribution in [0.25, 0.3) is 0 Å². The minimum absolute atomic E-state index is 0.0440. The highest BCUT2D eigenvalue weighted by molar-refractivity contribution is 5.86. The second kappa shape index (κ2) is 8.22. The number of hydrogen-bond acceptors (Lipinski definition) is 2. The van der Waals surface area contributed by atoms with Crippen molar-refractivity contribution in [3.05, 3.63) is 35.1 Å². The van der Waals surface area contributed by atoms with E-state index in [2.05, 4.69) is 24.5 Å². The lowest BCUT2D eigenvalue weighted by Crippen LogP contribution is -2.53. The molecule has 2 N–H and O–H groups in total. The van der Waals surface area contributed by atoms with Gasteiger partial charge in [0.2, 0.25) is 11.8 Å². The monoisotopic (exact) mass is 388 g/mol. The van der Waals surface area contributed by atoms with E-state index in [-0.39, 0.29) is 41.0 Å². The average molecular weight is 389 g/mol. The number of benzene rings is 1. The summed E-state index contributed by atoms with van der Waals surface area (Å²) in [5.41, 5.74) is 1.54. The van der Waals surface area contributed by atoms with Crippen molar-refractivity contribution in [1.29, 1.82) is 0 Å². The molecule has 0 bridgehead atoms. The number of carbonyl (C=O) groups is 2. The van der Waals surface area contributed by atoms with Gasteiger partial charge in [0.1, 0.15) is 5.82 Å². The van der Waals surface area contributed by atoms with E-state index in [4.69, 9.17) is 0 Å². The number of aryl methyl sites for hydroxylation is 1. The van der Waals surface area contributed by atoms with Crippen molar-refractivity contribution in [1.82, 2.24) is 10.6 Å². The summed E-state index contributed by atoms with van der Waals surface area (Å²) in [7, 11) is 0. The lowest BCUT2D eigenvalue weighted by molar-refractivity contribution is -0.133. The highest BCUT2D eigenvalue weighted by atomic mass is 19.1. The van der Waals surface area contributed by atoms with Crippen LogP contribution in [0.1, 0.15) is 76.8 Å². The van der Waals surface area contributed by atoms with Crippen molar-refractivity contribution in [2.24, 2.45) is 11.3 Å². The predicted octanol–water partition coefficient (Wildman–Crippen LogP) is 4.08. The van der Waals surface area contributed by atoms with Gasteiger partial charge in [0.15, 0.2) is 0 Å². The van der Waals surface area contributed by atoms with Crippen molar-refractivity contribution >= 4 is 11.8 Å². The minimum atomic E-state index is -0.304. The van der Waals surface area contributed by atoms with Gasteiger partial charge in [-0.15, -0.1) is 0 Å². The lowest BCUT2D eigenvalue weighted by atomic mass is 9.77. The summed E-state index contributed by atoms with van der Waals surface area (Å²) < 4.78 is 13.4. The maximum Gasteiger partial charge on any atom is 0.227 e. The lowest BCUT2D eigenvalue weighted by Gasteiger charge is -2.33. The van der Waals surface area contributed by atoms with Crippen molar-refractivity contribution in [3.8, 4) is 0 Å². The van der Waals surface area contributed by atoms with E-state index < -0.39 is 0 Å². The van der Waals surface area contributed by atoms with Gasteiger partial charge in [-0.1, -0.05) is 32.8 Å². The Hall–Kier alpha value is -1.91. The molecule has 0 aliphatic heterocycles. The van der Waals surface area contributed by atoms with Crippen LogP contribution in [0.3, 0.4) is 0 Å². The third kappa shape index (κ3) is 3.94. The molecule has 1 aromatic carbocycles. The van der Waals surface area contributed by atoms with Gasteiger partial charge in [0.05, 0.1) is 5.92 Å². The number of rotatable bonds is 6. The molecule has 154 valence electrons. The second-order valence-corrected chi connectivity index (χ2v) is 8.91. The zero-order valence-electron chi connectivity index (χ0n) is 17.5. The highest BCUT2D eigenvalue weighted by Gasteiger charge is 2.44. The molecule has 2 aliphatic rings. The summed E-state index contributed by atoms with van der Waals surface area (Å²) in [5, 5.41) is 6.21. The number of halogens is 1. The Morgan fingerprint density at radius 1 is 1.21 bits per heavy atom. The molecular formula is C23H33FN2O2. The maximum absolute atomic E-state index is 13.4. The van der Waals surface area contributed by atoms with Gasteiger partial charge < -0.3 is 10.6 Å². The van der Waals surface area contributed by atoms with Gasteiger partial charge in [-0.3, -0.25) is 9.59 Å². The largest absolute Gasteiger partial charge is 0.351 e. The van der Waals surface area contributed by atoms with E-state index in [1.54, 1.807) is 6.07 Å². The fraction of sp³-hybridized carbons (Fsp3) is 0.652. The predicted molar refractivity (Wildman–Crippen MR) is 108 cm³/mol. The standard InChI is InChI=1S/C23H33FN2O2/c1-5-17-7-6-12-23(17,4)22(28)26-15(3)14(2)25-21(27)20-10-8-16-13-18(24)9-11-19(16)20/h9,11,13-15,17,20H,5-8,10,12H2,1-4H3,(H,25,27)(H,26,28). The molecule has 0 spiro atoms. The number of fused-ring (bicyclic) bond motifs is 1. The van der Waals surface area contributed by atoms with Crippen LogP contribution in [-0.4, -0.2) is 23.9 Å². The summed E-state index contributed by atoms with van der Waals surface area (Å²) in [6, 6.07) is 4.35. The SMILES string of the molecule is CCC1CCCC1(C)C(=O)NC(C)C(C)NC(=O)C1CCc2cc(F)ccc21. The molecule has 1 fully saturated rings. The van der Waals surface area contributed by atoms with Crippen LogP contribution in [0.4, 0.5) is 4.39 Å². The molecule has 0 heterocycles. The molecule has 5 atom stereocenters. The van der Waals surface area contributed by atoms with Gasteiger partial charge >= 0.3 is 0 Å². The second-order valence-electron chi connectivity index (χ2n) is 8.91. The topological polar surface area (TPSA) is 58.2 Å². The Morgan fingerprint density at radius 2 is 1.93 bits per heavy atom. The molecule has 2 amide bonds. The number of nitrogens with one attached hydrogen (secondary N) is 2. The van der Waals surface area contributed by atoms with Crippen molar-refractivity contribution < 1.29 is 14.0 Å². The van der Waals surface area contributed by atoms with Crippen molar-refractivity contribution in [2.45, 2.75) is 84.2 Å². The first kappa shape index (κ1) is 20.8. The van der Waals surface area contributed by atoms with Gasteiger partial charge in [-0.25, -0.2) is 4.39 Å². The third-order valence-electron chi connectivity index (χ3n) is 7.14. The summed E-state index contributed by atoms with van der Waals surface area (Å²) in [4.78, 5) is 25.7. The number of carbonyl (C=O) groups excluding carboxylic acids is 2. The first-order valence-corrected chi connectivity index (χ1v) is 10.7. The molecule has 3 rings (SSSR count). The number of hydrogen-bond donors (Lipinski definition) is 2. The zero-order valence-corrected chi connectivity index (χ0v) is 17.5. The van der Waals surface area contributed by atoms with Gasteiger partial charge in [-0.2, -0.15) is 0 Å². The Morgan fingerprint density at radius 3 is 2.64 bits per heavy atom. The Bertz CT molecular complexity index is 750. The van der Waals surface area contributed by atoms with E-state index in [0.29, 0.717) is 12.3 Å². The smallest absolute Gasteiger partial charge is 0.227 e. The Kier molecular flexibility index (Phi) is 6.11. The first-order valence-electron chi connectivity index (χ1n) is 10.7. The van der Waals surface area contributed by atoms with Crippen LogP contribution < -0.4 is 10.6 Å². The van der Waals surface area contributed by atoms with Gasteiger partial charge in [-0.05, 0) is 68.7 Å². The van der Waals surface area contributed by atoms with Crippen LogP contribution in [0, 0.1) is 17.2 Å². The highest BCUT2D eigenvalue weighted by Crippen LogP contribution is 2.45. The van der Waals surface area contributed by atoms with Crippen LogP contribution >= 0.6 is 0 Å². The summed E-state index contributed by atoms with van der Waals surface area (Å²) in [6.45, 7) is 8.10. The molecular weight excluding hydrogens is 355 g/mol. The molecule has 0 radical (unpaired) electrons. The van der Waals surface area contributed by atoms with E-state index in [0.717, 1.165) is 43.2 Å². The van der Waals surface area contributed by atoms with Crippen LogP contribution in [0.15, 0.2) is 18.2 Å². The molecule has 2 aliphatic carbocycles. The molecule has 1 saturated carbocycles. The molecule has 4 nitrogen and oxygen atoms in total. The van der Waals surface area contributed by atoms with E-state index in [1.165, 1.54) is 12.1 Å². The number of amides is 2. The first-order chi connectivity index (χ1) is 13.3. The quantitative estimate of drug-likeness (QED) is 0.771. The van der Waals surface area contributed by atoms with Crippen LogP contribution in [0.5, 0.6) is 0 Å². The van der Waals surface area contributed by atoms with E-state index in [9.17, 15) is 14.0 Å². The summed E-state index contributed by atoms with van der Waals surface area (Å²) in [5.74, 6) is -0.00216. The average Bonchev–Trinajstić information content (AvgIpc) is 3.24. The normalized spacial score (nSPS) is 28.5. The van der Waals surface area contributed by atoms with Gasteiger partial charge in [0, 0.05) is 17.5 Å². The fourth-order valence-corrected chi connectivity index (χ4v) is 5.00. The molecule has 0 saturated heterocycles. The summed E-state index contributed by atoms with van der Waals surface area (Å²) in [6.07, 6.45) is 5.59. The Balaban J connectivity index is 1.58. The van der Waals surface area contributed by atoms with Crippen molar-refractivity contribution in [3.63, 3.8) is 0 Å².